The van der Waals surface area contributed by atoms with Crippen LogP contribution in [0.1, 0.15) is 17.9 Å². The van der Waals surface area contributed by atoms with Gasteiger partial charge in [0.2, 0.25) is 0 Å². The molecule has 0 atom stereocenters. The molecule has 0 fully saturated rings. The lowest BCUT2D eigenvalue weighted by molar-refractivity contribution is 0.523. The van der Waals surface area contributed by atoms with Crippen LogP contribution in [0.3, 0.4) is 0 Å². The number of fused-ring (bicyclic) bond motifs is 1. The van der Waals surface area contributed by atoms with E-state index in [-0.39, 0.29) is 16.0 Å². The van der Waals surface area contributed by atoms with Crippen LogP contribution in [0.25, 0.3) is 11.1 Å². The minimum absolute atomic E-state index is 0.0285. The van der Waals surface area contributed by atoms with Gasteiger partial charge in [-0.3, -0.25) is 0 Å². The van der Waals surface area contributed by atoms with Gasteiger partial charge in [0.05, 0.1) is 16.0 Å². The van der Waals surface area contributed by atoms with Crippen LogP contribution in [0.4, 0.5) is 4.39 Å². The number of oxazole rings is 1. The summed E-state index contributed by atoms with van der Waals surface area (Å²) in [6.45, 7) is 0. The second-order valence-electron chi connectivity index (χ2n) is 5.52. The van der Waals surface area contributed by atoms with E-state index >= 15 is 0 Å². The number of hydrogen-bond donors (Lipinski definition) is 0. The van der Waals surface area contributed by atoms with Crippen molar-refractivity contribution in [2.45, 2.75) is 18.6 Å². The van der Waals surface area contributed by atoms with Crippen LogP contribution in [0.5, 0.6) is 0 Å². The average Bonchev–Trinajstić information content (AvgIpc) is 2.93. The molecule has 0 aliphatic carbocycles. The van der Waals surface area contributed by atoms with Crippen LogP contribution in [-0.2, 0) is 22.0 Å². The SMILES string of the molecule is O=S(=O)(CCCc1nc2ccccc2o1)Cc1ccc(F)c(Br)c1. The Labute approximate surface area is 147 Å². The molecule has 24 heavy (non-hydrogen) atoms. The summed E-state index contributed by atoms with van der Waals surface area (Å²) in [6.07, 6.45) is 0.887. The van der Waals surface area contributed by atoms with Gasteiger partial charge in [0.1, 0.15) is 11.3 Å². The molecule has 3 aromatic rings. The zero-order valence-corrected chi connectivity index (χ0v) is 15.1. The maximum absolute atomic E-state index is 13.2. The van der Waals surface area contributed by atoms with E-state index in [9.17, 15) is 12.8 Å². The molecule has 1 heterocycles. The third-order valence-corrected chi connectivity index (χ3v) is 5.85. The minimum Gasteiger partial charge on any atom is -0.441 e. The number of rotatable bonds is 6. The first-order valence-corrected chi connectivity index (χ1v) is 10.0. The molecule has 126 valence electrons. The maximum atomic E-state index is 13.2. The summed E-state index contributed by atoms with van der Waals surface area (Å²) in [5.74, 6) is 0.0446. The highest BCUT2D eigenvalue weighted by atomic mass is 79.9. The van der Waals surface area contributed by atoms with Crippen molar-refractivity contribution in [3.63, 3.8) is 0 Å². The lowest BCUT2D eigenvalue weighted by Gasteiger charge is -2.05. The molecule has 4 nitrogen and oxygen atoms in total. The fraction of sp³-hybridized carbons (Fsp3) is 0.235. The number of aromatic nitrogens is 1. The third-order valence-electron chi connectivity index (χ3n) is 3.55. The summed E-state index contributed by atoms with van der Waals surface area (Å²) in [4.78, 5) is 4.33. The van der Waals surface area contributed by atoms with Gasteiger partial charge in [0.25, 0.3) is 0 Å². The molecule has 1 aromatic heterocycles. The molecule has 0 unspecified atom stereocenters. The van der Waals surface area contributed by atoms with Gasteiger partial charge in [0, 0.05) is 6.42 Å². The maximum Gasteiger partial charge on any atom is 0.195 e. The third kappa shape index (κ3) is 4.21. The topological polar surface area (TPSA) is 60.2 Å². The zero-order valence-electron chi connectivity index (χ0n) is 12.7. The Morgan fingerprint density at radius 2 is 1.96 bits per heavy atom. The van der Waals surface area contributed by atoms with Crippen LogP contribution in [0, 0.1) is 5.82 Å². The van der Waals surface area contributed by atoms with Crippen LogP contribution >= 0.6 is 15.9 Å². The fourth-order valence-electron chi connectivity index (χ4n) is 2.43. The van der Waals surface area contributed by atoms with Gasteiger partial charge in [0.15, 0.2) is 21.3 Å². The molecule has 0 bridgehead atoms. The molecular weight excluding hydrogens is 397 g/mol. The van der Waals surface area contributed by atoms with E-state index in [1.807, 2.05) is 24.3 Å². The number of aryl methyl sites for hydroxylation is 1. The second-order valence-corrected chi connectivity index (χ2v) is 8.56. The Balaban J connectivity index is 1.59. The van der Waals surface area contributed by atoms with Gasteiger partial charge in [-0.05, 0) is 52.2 Å². The molecular formula is C17H15BrFNO3S. The van der Waals surface area contributed by atoms with Crippen molar-refractivity contribution in [3.05, 3.63) is 64.2 Å². The molecule has 0 amide bonds. The first-order valence-electron chi connectivity index (χ1n) is 7.42. The molecule has 3 rings (SSSR count). The predicted molar refractivity (Wildman–Crippen MR) is 93.9 cm³/mol. The highest BCUT2D eigenvalue weighted by molar-refractivity contribution is 9.10. The van der Waals surface area contributed by atoms with Gasteiger partial charge in [-0.15, -0.1) is 0 Å². The smallest absolute Gasteiger partial charge is 0.195 e. The Hall–Kier alpha value is -1.73. The summed E-state index contributed by atoms with van der Waals surface area (Å²) in [5, 5.41) is 0. The zero-order chi connectivity index (χ0) is 17.2. The lowest BCUT2D eigenvalue weighted by Crippen LogP contribution is -2.10. The van der Waals surface area contributed by atoms with E-state index in [4.69, 9.17) is 4.42 Å². The van der Waals surface area contributed by atoms with E-state index < -0.39 is 15.7 Å². The molecule has 0 saturated carbocycles. The van der Waals surface area contributed by atoms with Crippen LogP contribution in [-0.4, -0.2) is 19.2 Å². The van der Waals surface area contributed by atoms with Crippen molar-refractivity contribution in [1.29, 1.82) is 0 Å². The van der Waals surface area contributed by atoms with Crippen LogP contribution in [0.15, 0.2) is 51.4 Å². The van der Waals surface area contributed by atoms with E-state index in [0.717, 1.165) is 5.52 Å². The second kappa shape index (κ2) is 7.03. The van der Waals surface area contributed by atoms with Crippen molar-refractivity contribution in [2.75, 3.05) is 5.75 Å². The average molecular weight is 412 g/mol. The fourth-order valence-corrected chi connectivity index (χ4v) is 4.27. The highest BCUT2D eigenvalue weighted by Gasteiger charge is 2.14. The van der Waals surface area contributed by atoms with E-state index in [0.29, 0.717) is 29.9 Å². The van der Waals surface area contributed by atoms with E-state index in [1.54, 1.807) is 0 Å². The molecule has 0 aliphatic heterocycles. The molecule has 0 aliphatic rings. The number of sulfone groups is 1. The van der Waals surface area contributed by atoms with Gasteiger partial charge in [-0.2, -0.15) is 0 Å². The summed E-state index contributed by atoms with van der Waals surface area (Å²) in [7, 11) is -3.28. The Morgan fingerprint density at radius 3 is 2.71 bits per heavy atom. The quantitative estimate of drug-likeness (QED) is 0.607. The van der Waals surface area contributed by atoms with Crippen LogP contribution < -0.4 is 0 Å². The number of halogens is 2. The molecule has 2 aromatic carbocycles. The molecule has 0 spiro atoms. The number of benzene rings is 2. The molecule has 0 saturated heterocycles. The summed E-state index contributed by atoms with van der Waals surface area (Å²) >= 11 is 3.06. The lowest BCUT2D eigenvalue weighted by atomic mass is 10.2. The Bertz CT molecular complexity index is 936. The molecule has 0 N–H and O–H groups in total. The number of para-hydroxylation sites is 2. The monoisotopic (exact) mass is 411 g/mol. The van der Waals surface area contributed by atoms with Gasteiger partial charge < -0.3 is 4.42 Å². The van der Waals surface area contributed by atoms with Gasteiger partial charge >= 0.3 is 0 Å². The summed E-state index contributed by atoms with van der Waals surface area (Å²) in [6, 6.07) is 11.7. The summed E-state index contributed by atoms with van der Waals surface area (Å²) in [5.41, 5.74) is 2.03. The largest absolute Gasteiger partial charge is 0.441 e. The number of nitrogens with zero attached hydrogens (tertiary/aromatic N) is 1. The van der Waals surface area contributed by atoms with Crippen molar-refractivity contribution < 1.29 is 17.2 Å². The number of hydrogen-bond acceptors (Lipinski definition) is 4. The van der Waals surface area contributed by atoms with E-state index in [2.05, 4.69) is 20.9 Å². The van der Waals surface area contributed by atoms with Crippen molar-refractivity contribution in [2.24, 2.45) is 0 Å². The first kappa shape index (κ1) is 17.1. The normalized spacial score (nSPS) is 11.9. The highest BCUT2D eigenvalue weighted by Crippen LogP contribution is 2.19. The van der Waals surface area contributed by atoms with E-state index in [1.165, 1.54) is 18.2 Å². The summed E-state index contributed by atoms with van der Waals surface area (Å²) < 4.78 is 43.4. The van der Waals surface area contributed by atoms with Gasteiger partial charge in [-0.1, -0.05) is 18.2 Å². The predicted octanol–water partition coefficient (Wildman–Crippen LogP) is 4.28. The Kier molecular flexibility index (Phi) is 5.01. The van der Waals surface area contributed by atoms with Crippen molar-refractivity contribution in [3.8, 4) is 0 Å². The molecule has 7 heteroatoms. The van der Waals surface area contributed by atoms with Gasteiger partial charge in [-0.25, -0.2) is 17.8 Å². The minimum atomic E-state index is -3.28. The Morgan fingerprint density at radius 1 is 1.17 bits per heavy atom. The van der Waals surface area contributed by atoms with Crippen molar-refractivity contribution >= 4 is 36.9 Å². The van der Waals surface area contributed by atoms with Crippen molar-refractivity contribution in [1.82, 2.24) is 4.98 Å². The first-order chi connectivity index (χ1) is 11.4. The molecule has 0 radical (unpaired) electrons. The standard InChI is InChI=1S/C17H15BrFNO3S/c18-13-10-12(7-8-14(13)19)11-24(21,22)9-3-6-17-20-15-4-1-2-5-16(15)23-17/h1-2,4-5,7-8,10H,3,6,9,11H2. The van der Waals surface area contributed by atoms with Crippen LogP contribution in [0.2, 0.25) is 0 Å².